The van der Waals surface area contributed by atoms with Crippen LogP contribution in [0.4, 0.5) is 23.0 Å². The fourth-order valence-corrected chi connectivity index (χ4v) is 8.61. The van der Waals surface area contributed by atoms with Crippen LogP contribution < -0.4 is 41.2 Å². The predicted molar refractivity (Wildman–Crippen MR) is 218 cm³/mol. The first kappa shape index (κ1) is 37.8. The molecule has 8 rings (SSSR count). The van der Waals surface area contributed by atoms with Gasteiger partial charge in [0.1, 0.15) is 36.1 Å². The molecule has 0 saturated carbocycles. The normalized spacial score (nSPS) is 20.4. The van der Waals surface area contributed by atoms with Gasteiger partial charge in [-0.05, 0) is 116 Å². The van der Waals surface area contributed by atoms with Crippen LogP contribution in [0.3, 0.4) is 0 Å². The lowest BCUT2D eigenvalue weighted by atomic mass is 9.91. The molecular formula is C41H55N11O4. The van der Waals surface area contributed by atoms with E-state index in [1.165, 1.54) is 12.8 Å². The Balaban J connectivity index is 1.21. The van der Waals surface area contributed by atoms with E-state index in [9.17, 15) is 9.59 Å². The van der Waals surface area contributed by atoms with Crippen molar-refractivity contribution in [1.29, 1.82) is 0 Å². The minimum Gasteiger partial charge on any atom is -0.460 e. The van der Waals surface area contributed by atoms with Gasteiger partial charge in [0.05, 0.1) is 0 Å². The first-order chi connectivity index (χ1) is 27.2. The van der Waals surface area contributed by atoms with E-state index in [2.05, 4.69) is 73.6 Å². The number of nitrogens with one attached hydrogen (secondary N) is 3. The summed E-state index contributed by atoms with van der Waals surface area (Å²) in [4.78, 5) is 50.4. The van der Waals surface area contributed by atoms with E-state index in [4.69, 9.17) is 19.4 Å². The number of anilines is 4. The standard InChI is InChI=1S/C41H55N11O4/c1-5-20-50-39(54)34-37(46-41(50)55-26-29-10-6-8-27(2)25-29)52(35(44-34)30-16-23-49(4)24-17-30)51-32(11-7-9-28-14-21-48(3)22-15-28)43-33-36(51)45-40(47-38(33)53)56-31-12-18-42-19-13-31/h6,8,10,12-13,18-19,25,28,30,32,35,43-44H,5,7,9,11,14-17,20-24,26H2,1-4H3,(H,45,47,53). The molecule has 56 heavy (non-hydrogen) atoms. The SMILES string of the molecule is CCCn1c(OCc2cccc(C)c2)nc2c(c1=O)NC(C1CCN(C)CC1)N2N1c2nc(Oc3ccncc3)[nH]c(=O)c2NC1CCCC1CCN(C)CC1. The molecule has 15 nitrogen and oxygen atoms in total. The molecule has 0 amide bonds. The van der Waals surface area contributed by atoms with Gasteiger partial charge in [-0.1, -0.05) is 43.2 Å². The molecule has 4 aliphatic rings. The average Bonchev–Trinajstić information content (AvgIpc) is 3.75. The van der Waals surface area contributed by atoms with Crippen LogP contribution in [0.25, 0.3) is 0 Å². The highest BCUT2D eigenvalue weighted by Gasteiger charge is 2.48. The van der Waals surface area contributed by atoms with Crippen molar-refractivity contribution in [1.82, 2.24) is 34.3 Å². The number of pyridine rings is 1. The summed E-state index contributed by atoms with van der Waals surface area (Å²) in [6.45, 7) is 8.93. The number of hydrogen-bond donors (Lipinski definition) is 3. The van der Waals surface area contributed by atoms with Gasteiger partial charge in [0.15, 0.2) is 11.6 Å². The van der Waals surface area contributed by atoms with E-state index in [-0.39, 0.29) is 48.0 Å². The number of ether oxygens (including phenoxy) is 2. The van der Waals surface area contributed by atoms with E-state index in [0.29, 0.717) is 41.2 Å². The van der Waals surface area contributed by atoms with Gasteiger partial charge >= 0.3 is 12.0 Å². The molecule has 7 heterocycles. The number of rotatable bonds is 13. The fourth-order valence-electron chi connectivity index (χ4n) is 8.61. The molecule has 0 spiro atoms. The quantitative estimate of drug-likeness (QED) is 0.160. The molecule has 2 atom stereocenters. The summed E-state index contributed by atoms with van der Waals surface area (Å²) in [5.74, 6) is 2.24. The first-order valence-electron chi connectivity index (χ1n) is 20.3. The van der Waals surface area contributed by atoms with Crippen molar-refractivity contribution in [3.63, 3.8) is 0 Å². The Morgan fingerprint density at radius 1 is 0.857 bits per heavy atom. The van der Waals surface area contributed by atoms with Crippen molar-refractivity contribution in [3.05, 3.63) is 80.6 Å². The first-order valence-corrected chi connectivity index (χ1v) is 20.3. The largest absolute Gasteiger partial charge is 0.460 e. The third kappa shape index (κ3) is 7.92. The number of aryl methyl sites for hydroxylation is 1. The Bertz CT molecular complexity index is 2090. The van der Waals surface area contributed by atoms with E-state index >= 15 is 0 Å². The Labute approximate surface area is 328 Å². The van der Waals surface area contributed by atoms with E-state index in [0.717, 1.165) is 75.8 Å². The lowest BCUT2D eigenvalue weighted by molar-refractivity contribution is 0.201. The lowest BCUT2D eigenvalue weighted by Crippen LogP contribution is -2.57. The number of hydrazine groups is 1. The molecule has 1 aromatic carbocycles. The number of aromatic nitrogens is 5. The summed E-state index contributed by atoms with van der Waals surface area (Å²) in [7, 11) is 4.34. The second-order valence-electron chi connectivity index (χ2n) is 15.9. The van der Waals surface area contributed by atoms with Crippen molar-refractivity contribution in [3.8, 4) is 17.8 Å². The third-order valence-corrected chi connectivity index (χ3v) is 11.7. The van der Waals surface area contributed by atoms with Crippen LogP contribution in [0, 0.1) is 18.8 Å². The van der Waals surface area contributed by atoms with Crippen LogP contribution in [0.2, 0.25) is 0 Å². The lowest BCUT2D eigenvalue weighted by Gasteiger charge is -2.43. The molecule has 2 saturated heterocycles. The van der Waals surface area contributed by atoms with Crippen LogP contribution >= 0.6 is 0 Å². The zero-order valence-electron chi connectivity index (χ0n) is 33.0. The number of piperidine rings is 2. The van der Waals surface area contributed by atoms with Crippen molar-refractivity contribution < 1.29 is 9.47 Å². The minimum atomic E-state index is -0.335. The van der Waals surface area contributed by atoms with Crippen molar-refractivity contribution in [2.45, 2.75) is 90.7 Å². The second-order valence-corrected chi connectivity index (χ2v) is 15.9. The third-order valence-electron chi connectivity index (χ3n) is 11.7. The van der Waals surface area contributed by atoms with E-state index < -0.39 is 0 Å². The van der Waals surface area contributed by atoms with Gasteiger partial charge < -0.3 is 29.9 Å². The number of likely N-dealkylation sites (tertiary alicyclic amines) is 2. The van der Waals surface area contributed by atoms with Crippen LogP contribution in [0.5, 0.6) is 17.8 Å². The van der Waals surface area contributed by atoms with Gasteiger partial charge in [-0.15, -0.1) is 0 Å². The zero-order valence-corrected chi connectivity index (χ0v) is 33.0. The Morgan fingerprint density at radius 3 is 2.32 bits per heavy atom. The minimum absolute atomic E-state index is 0.0652. The maximum Gasteiger partial charge on any atom is 0.304 e. The Hall–Kier alpha value is -5.15. The molecule has 298 valence electrons. The van der Waals surface area contributed by atoms with Crippen molar-refractivity contribution in [2.24, 2.45) is 11.8 Å². The van der Waals surface area contributed by atoms with Gasteiger partial charge in [-0.3, -0.25) is 24.1 Å². The molecule has 4 aliphatic heterocycles. The molecule has 0 bridgehead atoms. The summed E-state index contributed by atoms with van der Waals surface area (Å²) in [6.07, 6.45) is 10.4. The maximum absolute atomic E-state index is 14.6. The van der Waals surface area contributed by atoms with E-state index in [1.54, 1.807) is 29.1 Å². The Kier molecular flexibility index (Phi) is 11.1. The molecule has 3 N–H and O–H groups in total. The second kappa shape index (κ2) is 16.5. The van der Waals surface area contributed by atoms with Crippen molar-refractivity contribution >= 4 is 23.0 Å². The van der Waals surface area contributed by atoms with E-state index in [1.807, 2.05) is 19.1 Å². The molecular weight excluding hydrogens is 711 g/mol. The topological polar surface area (TPSA) is 149 Å². The Morgan fingerprint density at radius 2 is 1.59 bits per heavy atom. The number of H-pyrrole nitrogens is 1. The number of aromatic amines is 1. The summed E-state index contributed by atoms with van der Waals surface area (Å²) < 4.78 is 14.2. The maximum atomic E-state index is 14.6. The predicted octanol–water partition coefficient (Wildman–Crippen LogP) is 5.40. The number of fused-ring (bicyclic) bond motifs is 2. The zero-order chi connectivity index (χ0) is 38.8. The number of hydrogen-bond acceptors (Lipinski definition) is 13. The summed E-state index contributed by atoms with van der Waals surface area (Å²) in [5, 5.41) is 11.4. The van der Waals surface area contributed by atoms with Crippen LogP contribution in [0.1, 0.15) is 69.4 Å². The highest BCUT2D eigenvalue weighted by Crippen LogP contribution is 2.44. The fraction of sp³-hybridized carbons (Fsp3) is 0.537. The number of nitrogens with zero attached hydrogens (tertiary/aromatic N) is 8. The average molecular weight is 766 g/mol. The van der Waals surface area contributed by atoms with Crippen LogP contribution in [-0.2, 0) is 13.2 Å². The molecule has 2 unspecified atom stereocenters. The molecule has 2 fully saturated rings. The number of benzene rings is 1. The highest BCUT2D eigenvalue weighted by atomic mass is 16.5. The summed E-state index contributed by atoms with van der Waals surface area (Å²) >= 11 is 0. The smallest absolute Gasteiger partial charge is 0.304 e. The molecule has 0 aliphatic carbocycles. The van der Waals surface area contributed by atoms with Crippen LogP contribution in [0.15, 0.2) is 58.4 Å². The molecule has 15 heteroatoms. The van der Waals surface area contributed by atoms with Gasteiger partial charge in [0.25, 0.3) is 11.1 Å². The molecule has 4 aromatic rings. The monoisotopic (exact) mass is 765 g/mol. The highest BCUT2D eigenvalue weighted by molar-refractivity contribution is 5.80. The molecule has 0 radical (unpaired) electrons. The van der Waals surface area contributed by atoms with Crippen molar-refractivity contribution in [2.75, 3.05) is 60.9 Å². The molecule has 3 aromatic heterocycles. The summed E-state index contributed by atoms with van der Waals surface area (Å²) in [6, 6.07) is 11.9. The van der Waals surface area contributed by atoms with Crippen LogP contribution in [-0.4, -0.2) is 86.9 Å². The summed E-state index contributed by atoms with van der Waals surface area (Å²) in [5.41, 5.74) is 2.41. The van der Waals surface area contributed by atoms with Gasteiger partial charge in [0, 0.05) is 24.9 Å². The van der Waals surface area contributed by atoms with Gasteiger partial charge in [-0.25, -0.2) is 10.0 Å². The van der Waals surface area contributed by atoms with Gasteiger partial charge in [-0.2, -0.15) is 9.97 Å². The van der Waals surface area contributed by atoms with Gasteiger partial charge in [0.2, 0.25) is 0 Å².